The molecule has 0 saturated carbocycles. The Hall–Kier alpha value is -9.12. The summed E-state index contributed by atoms with van der Waals surface area (Å²) in [7, 11) is 0. The first kappa shape index (κ1) is 38.4. The van der Waals surface area contributed by atoms with Crippen LogP contribution in [0.3, 0.4) is 0 Å². The summed E-state index contributed by atoms with van der Waals surface area (Å²) in [5.41, 5.74) is 15.2. The molecule has 3 nitrogen and oxygen atoms in total. The van der Waals surface area contributed by atoms with Crippen LogP contribution >= 0.6 is 0 Å². The van der Waals surface area contributed by atoms with E-state index in [1.807, 2.05) is 133 Å². The molecule has 0 aromatic heterocycles. The van der Waals surface area contributed by atoms with Crippen molar-refractivity contribution in [1.29, 1.82) is 0 Å². The Morgan fingerprint density at radius 2 is 0.705 bits per heavy atom. The van der Waals surface area contributed by atoms with Crippen molar-refractivity contribution in [1.82, 2.24) is 0 Å². The fraction of sp³-hybridized carbons (Fsp3) is 0.108. The molecule has 0 saturated heterocycles. The van der Waals surface area contributed by atoms with Gasteiger partial charge in [0.05, 0.1) is 30.8 Å². The Labute approximate surface area is 475 Å². The highest BCUT2D eigenvalue weighted by Crippen LogP contribution is 2.54. The maximum Gasteiger partial charge on any atom is 0.252 e. The molecule has 376 valence electrons. The number of hydrogen-bond acceptors (Lipinski definition) is 3. The Balaban J connectivity index is 1.28. The van der Waals surface area contributed by atoms with Crippen molar-refractivity contribution >= 4 is 74.3 Å². The lowest BCUT2D eigenvalue weighted by Gasteiger charge is -2.47. The van der Waals surface area contributed by atoms with E-state index >= 15 is 0 Å². The standard InChI is InChI=1S/C74H62BN3/c1-73(2,3)55-43-45-66-64(47-55)75-65-48-56(74(4,5)6)44-46-67(65)78(72-62(53-31-17-9-18-32-53)41-26-42-63(72)54-33-19-10-20-34-54)69-50-59(76(57-35-21-11-22-36-57)58-37-23-12-24-38-58)49-68(70(69)75)77(66)71-60(51-27-13-7-14-28-51)39-25-40-61(71)52-29-15-8-16-30-52/h7-50H,1-6H3/i7D,9D,13D,14D,17D,18D,27D,28D,31D,32D. The molecule has 11 aromatic rings. The zero-order chi connectivity index (χ0) is 61.8. The van der Waals surface area contributed by atoms with Crippen LogP contribution in [0.15, 0.2) is 267 Å². The molecule has 0 radical (unpaired) electrons. The predicted molar refractivity (Wildman–Crippen MR) is 334 cm³/mol. The van der Waals surface area contributed by atoms with E-state index in [0.717, 1.165) is 89.6 Å². The van der Waals surface area contributed by atoms with E-state index < -0.39 is 43.0 Å². The fourth-order valence-electron chi connectivity index (χ4n) is 11.6. The highest BCUT2D eigenvalue weighted by molar-refractivity contribution is 7.00. The summed E-state index contributed by atoms with van der Waals surface area (Å²) in [6, 6.07) is 65.6. The van der Waals surface area contributed by atoms with Gasteiger partial charge in [0.25, 0.3) is 6.71 Å². The van der Waals surface area contributed by atoms with Gasteiger partial charge in [0, 0.05) is 56.4 Å². The van der Waals surface area contributed by atoms with Gasteiger partial charge in [0.15, 0.2) is 0 Å². The summed E-state index contributed by atoms with van der Waals surface area (Å²) in [6.07, 6.45) is 0. The van der Waals surface area contributed by atoms with Gasteiger partial charge in [-0.2, -0.15) is 0 Å². The molecule has 13 rings (SSSR count). The lowest BCUT2D eigenvalue weighted by atomic mass is 9.33. The predicted octanol–water partition coefficient (Wildman–Crippen LogP) is 18.5. The van der Waals surface area contributed by atoms with Crippen molar-refractivity contribution in [3.63, 3.8) is 0 Å². The Kier molecular flexibility index (Phi) is 9.59. The van der Waals surface area contributed by atoms with Gasteiger partial charge in [-0.05, 0) is 109 Å². The third-order valence-corrected chi connectivity index (χ3v) is 15.3. The molecule has 2 heterocycles. The van der Waals surface area contributed by atoms with Crippen LogP contribution in [-0.4, -0.2) is 6.71 Å². The molecule has 4 heteroatoms. The van der Waals surface area contributed by atoms with Crippen molar-refractivity contribution in [2.75, 3.05) is 14.7 Å². The van der Waals surface area contributed by atoms with Crippen LogP contribution in [0, 0.1) is 0 Å². The van der Waals surface area contributed by atoms with Crippen molar-refractivity contribution in [2.45, 2.75) is 52.4 Å². The highest BCUT2D eigenvalue weighted by Gasteiger charge is 2.46. The minimum absolute atomic E-state index is 0.0517. The van der Waals surface area contributed by atoms with Crippen LogP contribution in [0.25, 0.3) is 44.5 Å². The van der Waals surface area contributed by atoms with Gasteiger partial charge in [-0.3, -0.25) is 0 Å². The molecule has 0 fully saturated rings. The van der Waals surface area contributed by atoms with Crippen LogP contribution in [0.2, 0.25) is 0 Å². The average molecular weight is 1010 g/mol. The summed E-state index contributed by atoms with van der Waals surface area (Å²) in [5, 5.41) is 0. The quantitative estimate of drug-likeness (QED) is 0.133. The molecule has 0 aliphatic carbocycles. The second-order valence-corrected chi connectivity index (χ2v) is 22.2. The highest BCUT2D eigenvalue weighted by atomic mass is 15.2. The Bertz CT molecular complexity index is 4260. The monoisotopic (exact) mass is 1010 g/mol. The summed E-state index contributed by atoms with van der Waals surface area (Å²) >= 11 is 0. The number of benzene rings is 11. The van der Waals surface area contributed by atoms with E-state index in [0.29, 0.717) is 22.5 Å². The van der Waals surface area contributed by atoms with Crippen LogP contribution in [0.1, 0.15) is 66.4 Å². The molecule has 0 atom stereocenters. The van der Waals surface area contributed by atoms with Gasteiger partial charge in [0.2, 0.25) is 0 Å². The lowest BCUT2D eigenvalue weighted by Crippen LogP contribution is -2.61. The smallest absolute Gasteiger partial charge is 0.252 e. The first-order valence-electron chi connectivity index (χ1n) is 31.6. The van der Waals surface area contributed by atoms with Gasteiger partial charge in [-0.25, -0.2) is 0 Å². The van der Waals surface area contributed by atoms with Gasteiger partial charge >= 0.3 is 0 Å². The summed E-state index contributed by atoms with van der Waals surface area (Å²) in [6.45, 7) is 12.8. The number of para-hydroxylation sites is 4. The normalized spacial score (nSPS) is 14.5. The van der Waals surface area contributed by atoms with Gasteiger partial charge in [0.1, 0.15) is 0 Å². The van der Waals surface area contributed by atoms with Gasteiger partial charge in [-0.15, -0.1) is 0 Å². The van der Waals surface area contributed by atoms with E-state index in [4.69, 9.17) is 8.22 Å². The SMILES string of the molecule is [2H]c1c([2H])c([2H])c(-c2cccc(-c3ccccc3)c2N2c3ccc(C(C)(C)C)cc3B3c4cc(C(C)(C)C)ccc4N(c4c(-c5ccccc5)cccc4-c4c([2H])c([2H])c([2H])c([2H])c4[2H])c4cc(N(c5ccccc5)c5ccccc5)cc2c43)c([2H])c1[2H]. The van der Waals surface area contributed by atoms with Crippen molar-refractivity contribution < 1.29 is 13.7 Å². The van der Waals surface area contributed by atoms with E-state index in [2.05, 4.69) is 129 Å². The molecule has 2 aliphatic heterocycles. The molecule has 78 heavy (non-hydrogen) atoms. The summed E-state index contributed by atoms with van der Waals surface area (Å²) < 4.78 is 92.9. The number of rotatable bonds is 9. The molecule has 0 spiro atoms. The van der Waals surface area contributed by atoms with Gasteiger partial charge in [-0.1, -0.05) is 260 Å². The first-order chi connectivity index (χ1) is 42.1. The minimum atomic E-state index is -0.490. The van der Waals surface area contributed by atoms with Crippen molar-refractivity contribution in [2.24, 2.45) is 0 Å². The number of anilines is 9. The maximum absolute atomic E-state index is 9.69. The molecular weight excluding hydrogens is 942 g/mol. The third kappa shape index (κ3) is 8.49. The van der Waals surface area contributed by atoms with E-state index in [1.54, 1.807) is 0 Å². The van der Waals surface area contributed by atoms with E-state index in [1.165, 1.54) is 0 Å². The van der Waals surface area contributed by atoms with Crippen LogP contribution in [0.5, 0.6) is 0 Å². The van der Waals surface area contributed by atoms with Crippen molar-refractivity contribution in [3.05, 3.63) is 278 Å². The molecule has 0 N–H and O–H groups in total. The molecule has 2 aliphatic rings. The fourth-order valence-corrected chi connectivity index (χ4v) is 11.6. The van der Waals surface area contributed by atoms with E-state index in [-0.39, 0.29) is 46.1 Å². The molecular formula is C74H62BN3. The Morgan fingerprint density at radius 3 is 1.08 bits per heavy atom. The van der Waals surface area contributed by atoms with Crippen molar-refractivity contribution in [3.8, 4) is 44.5 Å². The topological polar surface area (TPSA) is 9.72 Å². The zero-order valence-corrected chi connectivity index (χ0v) is 44.5. The summed E-state index contributed by atoms with van der Waals surface area (Å²) in [4.78, 5) is 6.73. The number of nitrogens with zero attached hydrogens (tertiary/aromatic N) is 3. The zero-order valence-electron chi connectivity index (χ0n) is 54.5. The lowest BCUT2D eigenvalue weighted by molar-refractivity contribution is 0.590. The first-order valence-corrected chi connectivity index (χ1v) is 26.6. The molecule has 0 amide bonds. The molecule has 11 aromatic carbocycles. The minimum Gasteiger partial charge on any atom is -0.310 e. The number of hydrogen-bond donors (Lipinski definition) is 0. The van der Waals surface area contributed by atoms with Crippen LogP contribution in [-0.2, 0) is 10.8 Å². The molecule has 0 bridgehead atoms. The maximum atomic E-state index is 9.69. The Morgan fingerprint density at radius 1 is 0.346 bits per heavy atom. The van der Waals surface area contributed by atoms with E-state index in [9.17, 15) is 5.48 Å². The summed E-state index contributed by atoms with van der Waals surface area (Å²) in [5.74, 6) is 0. The largest absolute Gasteiger partial charge is 0.310 e. The average Bonchev–Trinajstić information content (AvgIpc) is 0.703. The van der Waals surface area contributed by atoms with Crippen LogP contribution < -0.4 is 31.1 Å². The number of fused-ring (bicyclic) bond motifs is 4. The second-order valence-electron chi connectivity index (χ2n) is 22.2. The van der Waals surface area contributed by atoms with Crippen LogP contribution in [0.4, 0.5) is 51.2 Å². The van der Waals surface area contributed by atoms with Gasteiger partial charge < -0.3 is 14.7 Å². The third-order valence-electron chi connectivity index (χ3n) is 15.3. The second kappa shape index (κ2) is 19.5. The molecule has 0 unspecified atom stereocenters.